The van der Waals surface area contributed by atoms with Gasteiger partial charge in [-0.25, -0.2) is 8.78 Å². The van der Waals surface area contributed by atoms with Crippen molar-refractivity contribution in [3.63, 3.8) is 0 Å². The van der Waals surface area contributed by atoms with Crippen LogP contribution in [0.3, 0.4) is 0 Å². The lowest BCUT2D eigenvalue weighted by molar-refractivity contribution is 0.0948. The number of carbonyl (C=O) groups is 1. The van der Waals surface area contributed by atoms with Gasteiger partial charge in [0.05, 0.1) is 12.1 Å². The summed E-state index contributed by atoms with van der Waals surface area (Å²) in [4.78, 5) is 16.5. The molecule has 0 unspecified atom stereocenters. The number of fused-ring (bicyclic) bond motifs is 1. The largest absolute Gasteiger partial charge is 0.492 e. The molecule has 0 fully saturated rings. The molecule has 24 heavy (non-hydrogen) atoms. The summed E-state index contributed by atoms with van der Waals surface area (Å²) in [5.41, 5.74) is 1.26. The molecule has 0 saturated carbocycles. The molecule has 2 aromatic carbocycles. The molecule has 0 saturated heterocycles. The lowest BCUT2D eigenvalue weighted by atomic mass is 10.1. The molecular weight excluding hydrogens is 314 g/mol. The minimum Gasteiger partial charge on any atom is -0.492 e. The highest BCUT2D eigenvalue weighted by Crippen LogP contribution is 2.17. The molecular formula is C18H14F2N2O2. The lowest BCUT2D eigenvalue weighted by Gasteiger charge is -2.09. The number of amides is 1. The van der Waals surface area contributed by atoms with Gasteiger partial charge in [-0.05, 0) is 30.3 Å². The monoisotopic (exact) mass is 328 g/mol. The molecule has 0 spiro atoms. The molecule has 3 aromatic rings. The van der Waals surface area contributed by atoms with Crippen molar-refractivity contribution in [1.29, 1.82) is 0 Å². The first-order valence-electron chi connectivity index (χ1n) is 7.35. The molecule has 0 aliphatic heterocycles. The zero-order valence-electron chi connectivity index (χ0n) is 12.6. The first-order chi connectivity index (χ1) is 11.6. The van der Waals surface area contributed by atoms with Crippen molar-refractivity contribution in [2.24, 2.45) is 0 Å². The van der Waals surface area contributed by atoms with Crippen LogP contribution in [0.25, 0.3) is 10.9 Å². The van der Waals surface area contributed by atoms with E-state index in [2.05, 4.69) is 10.3 Å². The lowest BCUT2D eigenvalue weighted by Crippen LogP contribution is -2.28. The second-order valence-corrected chi connectivity index (χ2v) is 5.06. The molecule has 3 rings (SSSR count). The molecule has 122 valence electrons. The third kappa shape index (κ3) is 3.48. The van der Waals surface area contributed by atoms with E-state index < -0.39 is 11.6 Å². The molecule has 0 atom stereocenters. The minimum atomic E-state index is -0.972. The van der Waals surface area contributed by atoms with Gasteiger partial charge in [-0.15, -0.1) is 0 Å². The summed E-state index contributed by atoms with van der Waals surface area (Å²) in [6, 6.07) is 12.2. The number of nitrogens with zero attached hydrogens (tertiary/aromatic N) is 1. The van der Waals surface area contributed by atoms with Crippen molar-refractivity contribution in [3.05, 3.63) is 71.9 Å². The van der Waals surface area contributed by atoms with E-state index in [1.807, 2.05) is 12.1 Å². The van der Waals surface area contributed by atoms with E-state index in [1.165, 1.54) is 6.07 Å². The number of hydrogen-bond acceptors (Lipinski definition) is 3. The normalized spacial score (nSPS) is 10.6. The van der Waals surface area contributed by atoms with Crippen LogP contribution in [-0.4, -0.2) is 24.0 Å². The van der Waals surface area contributed by atoms with E-state index in [-0.39, 0.29) is 24.8 Å². The second-order valence-electron chi connectivity index (χ2n) is 5.06. The molecule has 0 aliphatic carbocycles. The summed E-state index contributed by atoms with van der Waals surface area (Å²) in [5.74, 6) is -1.94. The van der Waals surface area contributed by atoms with E-state index in [9.17, 15) is 13.6 Å². The summed E-state index contributed by atoms with van der Waals surface area (Å²) in [5, 5.41) is 3.49. The fourth-order valence-electron chi connectivity index (χ4n) is 2.30. The standard InChI is InChI=1S/C18H14F2N2O2/c19-15-7-6-12(11-16(15)20)24-10-9-22-18(23)14-3-1-5-17-13(14)4-2-8-21-17/h1-8,11H,9-10H2,(H,22,23). The number of ether oxygens (including phenoxy) is 1. The third-order valence-electron chi connectivity index (χ3n) is 3.44. The number of halogens is 2. The van der Waals surface area contributed by atoms with Crippen molar-refractivity contribution in [1.82, 2.24) is 10.3 Å². The number of benzene rings is 2. The zero-order valence-corrected chi connectivity index (χ0v) is 12.6. The summed E-state index contributed by atoms with van der Waals surface area (Å²) < 4.78 is 31.2. The van der Waals surface area contributed by atoms with Gasteiger partial charge in [-0.3, -0.25) is 9.78 Å². The quantitative estimate of drug-likeness (QED) is 0.731. The topological polar surface area (TPSA) is 51.2 Å². The summed E-state index contributed by atoms with van der Waals surface area (Å²) in [6.07, 6.45) is 1.67. The van der Waals surface area contributed by atoms with Crippen LogP contribution >= 0.6 is 0 Å². The molecule has 0 radical (unpaired) electrons. The van der Waals surface area contributed by atoms with Crippen LogP contribution in [0.1, 0.15) is 10.4 Å². The summed E-state index contributed by atoms with van der Waals surface area (Å²) in [6.45, 7) is 0.369. The molecule has 1 aromatic heterocycles. The average Bonchev–Trinajstić information content (AvgIpc) is 2.61. The highest BCUT2D eigenvalue weighted by atomic mass is 19.2. The predicted octanol–water partition coefficient (Wildman–Crippen LogP) is 3.32. The van der Waals surface area contributed by atoms with Gasteiger partial charge in [0, 0.05) is 23.2 Å². The van der Waals surface area contributed by atoms with Crippen molar-refractivity contribution in [2.45, 2.75) is 0 Å². The van der Waals surface area contributed by atoms with E-state index in [4.69, 9.17) is 4.74 Å². The number of pyridine rings is 1. The Bertz CT molecular complexity index is 879. The number of hydrogen-bond donors (Lipinski definition) is 1. The Hall–Kier alpha value is -3.02. The highest BCUT2D eigenvalue weighted by Gasteiger charge is 2.09. The summed E-state index contributed by atoms with van der Waals surface area (Å²) >= 11 is 0. The van der Waals surface area contributed by atoms with Crippen LogP contribution in [0.4, 0.5) is 8.78 Å². The maximum Gasteiger partial charge on any atom is 0.252 e. The predicted molar refractivity (Wildman–Crippen MR) is 85.9 cm³/mol. The minimum absolute atomic E-state index is 0.139. The van der Waals surface area contributed by atoms with Crippen LogP contribution in [0.2, 0.25) is 0 Å². The molecule has 0 bridgehead atoms. The van der Waals surface area contributed by atoms with Gasteiger partial charge >= 0.3 is 0 Å². The Kier molecular flexibility index (Phi) is 4.65. The average molecular weight is 328 g/mol. The second kappa shape index (κ2) is 7.04. The molecule has 6 heteroatoms. The van der Waals surface area contributed by atoms with Gasteiger partial charge in [0.15, 0.2) is 11.6 Å². The summed E-state index contributed by atoms with van der Waals surface area (Å²) in [7, 11) is 0. The van der Waals surface area contributed by atoms with E-state index in [1.54, 1.807) is 24.4 Å². The first kappa shape index (κ1) is 15.9. The first-order valence-corrected chi connectivity index (χ1v) is 7.35. The Balaban J connectivity index is 1.58. The fraction of sp³-hybridized carbons (Fsp3) is 0.111. The SMILES string of the molecule is O=C(NCCOc1ccc(F)c(F)c1)c1cccc2ncccc12. The zero-order chi connectivity index (χ0) is 16.9. The molecule has 0 aliphatic rings. The Morgan fingerprint density at radius 1 is 1.08 bits per heavy atom. The van der Waals surface area contributed by atoms with Gasteiger partial charge in [0.25, 0.3) is 5.91 Å². The molecule has 1 heterocycles. The third-order valence-corrected chi connectivity index (χ3v) is 3.44. The smallest absolute Gasteiger partial charge is 0.252 e. The van der Waals surface area contributed by atoms with Gasteiger partial charge in [-0.1, -0.05) is 12.1 Å². The van der Waals surface area contributed by atoms with Crippen molar-refractivity contribution < 1.29 is 18.3 Å². The number of nitrogens with one attached hydrogen (secondary N) is 1. The van der Waals surface area contributed by atoms with Crippen molar-refractivity contribution in [3.8, 4) is 5.75 Å². The number of aromatic nitrogens is 1. The maximum atomic E-state index is 13.1. The van der Waals surface area contributed by atoms with Crippen LogP contribution < -0.4 is 10.1 Å². The Morgan fingerprint density at radius 3 is 2.79 bits per heavy atom. The van der Waals surface area contributed by atoms with Gasteiger partial charge < -0.3 is 10.1 Å². The van der Waals surface area contributed by atoms with E-state index >= 15 is 0 Å². The Labute approximate surface area is 137 Å². The van der Waals surface area contributed by atoms with Gasteiger partial charge in [0.2, 0.25) is 0 Å². The number of rotatable bonds is 5. The van der Waals surface area contributed by atoms with Gasteiger partial charge in [0.1, 0.15) is 12.4 Å². The number of carbonyl (C=O) groups excluding carboxylic acids is 1. The van der Waals surface area contributed by atoms with Crippen LogP contribution in [0.15, 0.2) is 54.7 Å². The maximum absolute atomic E-state index is 13.1. The van der Waals surface area contributed by atoms with E-state index in [0.29, 0.717) is 5.56 Å². The molecule has 4 nitrogen and oxygen atoms in total. The fourth-order valence-corrected chi connectivity index (χ4v) is 2.30. The Morgan fingerprint density at radius 2 is 1.96 bits per heavy atom. The van der Waals surface area contributed by atoms with Crippen LogP contribution in [-0.2, 0) is 0 Å². The van der Waals surface area contributed by atoms with Crippen molar-refractivity contribution >= 4 is 16.8 Å². The molecule has 1 N–H and O–H groups in total. The van der Waals surface area contributed by atoms with Crippen molar-refractivity contribution in [2.75, 3.05) is 13.2 Å². The van der Waals surface area contributed by atoms with Gasteiger partial charge in [-0.2, -0.15) is 0 Å². The highest BCUT2D eigenvalue weighted by molar-refractivity contribution is 6.06. The van der Waals surface area contributed by atoms with Crippen LogP contribution in [0, 0.1) is 11.6 Å². The van der Waals surface area contributed by atoms with E-state index in [0.717, 1.165) is 23.0 Å². The van der Waals surface area contributed by atoms with Crippen LogP contribution in [0.5, 0.6) is 5.75 Å². The molecule has 1 amide bonds.